The number of ether oxygens (including phenoxy) is 2. The van der Waals surface area contributed by atoms with Gasteiger partial charge in [0.25, 0.3) is 5.91 Å². The third-order valence-electron chi connectivity index (χ3n) is 3.44. The van der Waals surface area contributed by atoms with Crippen LogP contribution >= 0.6 is 0 Å². The van der Waals surface area contributed by atoms with E-state index in [4.69, 9.17) is 15.2 Å². The summed E-state index contributed by atoms with van der Waals surface area (Å²) in [6.45, 7) is 3.26. The highest BCUT2D eigenvalue weighted by molar-refractivity contribution is 5.77. The van der Waals surface area contributed by atoms with Crippen LogP contribution in [-0.2, 0) is 16.1 Å². The summed E-state index contributed by atoms with van der Waals surface area (Å²) in [5.41, 5.74) is 6.56. The molecule has 3 N–H and O–H groups in total. The summed E-state index contributed by atoms with van der Waals surface area (Å²) in [6.07, 6.45) is 2.19. The highest BCUT2D eigenvalue weighted by atomic mass is 16.5. The van der Waals surface area contributed by atoms with E-state index < -0.39 is 0 Å². The zero-order chi connectivity index (χ0) is 14.4. The lowest BCUT2D eigenvalue weighted by Gasteiger charge is -2.20. The molecule has 2 unspecified atom stereocenters. The average molecular weight is 278 g/mol. The fourth-order valence-corrected chi connectivity index (χ4v) is 2.26. The second-order valence-corrected chi connectivity index (χ2v) is 5.04. The third-order valence-corrected chi connectivity index (χ3v) is 3.44. The number of amides is 1. The molecule has 1 saturated heterocycles. The van der Waals surface area contributed by atoms with E-state index in [0.29, 0.717) is 12.3 Å². The molecular weight excluding hydrogens is 256 g/mol. The second-order valence-electron chi connectivity index (χ2n) is 5.04. The molecule has 1 aliphatic heterocycles. The van der Waals surface area contributed by atoms with Crippen LogP contribution in [0.5, 0.6) is 5.75 Å². The Morgan fingerprint density at radius 3 is 2.85 bits per heavy atom. The molecule has 20 heavy (non-hydrogen) atoms. The van der Waals surface area contributed by atoms with Crippen molar-refractivity contribution in [2.24, 2.45) is 5.73 Å². The Labute approximate surface area is 119 Å². The first-order chi connectivity index (χ1) is 9.69. The quantitative estimate of drug-likeness (QED) is 0.820. The Morgan fingerprint density at radius 2 is 2.25 bits per heavy atom. The molecule has 0 bridgehead atoms. The maximum absolute atomic E-state index is 11.8. The number of nitrogens with one attached hydrogen (secondary N) is 1. The fraction of sp³-hybridized carbons (Fsp3) is 0.533. The van der Waals surface area contributed by atoms with Gasteiger partial charge >= 0.3 is 0 Å². The van der Waals surface area contributed by atoms with Gasteiger partial charge in [-0.05, 0) is 37.5 Å². The van der Waals surface area contributed by atoms with Crippen molar-refractivity contribution in [3.63, 3.8) is 0 Å². The van der Waals surface area contributed by atoms with E-state index in [1.807, 2.05) is 31.2 Å². The van der Waals surface area contributed by atoms with Gasteiger partial charge in [0.05, 0.1) is 12.1 Å². The van der Waals surface area contributed by atoms with E-state index in [-0.39, 0.29) is 24.7 Å². The van der Waals surface area contributed by atoms with Crippen molar-refractivity contribution < 1.29 is 14.3 Å². The Balaban J connectivity index is 1.73. The van der Waals surface area contributed by atoms with Gasteiger partial charge in [-0.15, -0.1) is 0 Å². The molecule has 0 aliphatic carbocycles. The minimum absolute atomic E-state index is 0.0129. The Hall–Kier alpha value is -1.59. The van der Waals surface area contributed by atoms with E-state index in [1.54, 1.807) is 0 Å². The number of rotatable bonds is 6. The average Bonchev–Trinajstić information content (AvgIpc) is 3.00. The summed E-state index contributed by atoms with van der Waals surface area (Å²) in [5, 5.41) is 2.91. The minimum atomic E-state index is -0.129. The largest absolute Gasteiger partial charge is 0.484 e. The van der Waals surface area contributed by atoms with Crippen LogP contribution in [0.4, 0.5) is 0 Å². The first-order valence-electron chi connectivity index (χ1n) is 7.02. The molecule has 0 spiro atoms. The molecule has 1 amide bonds. The highest BCUT2D eigenvalue weighted by Gasteiger charge is 2.23. The van der Waals surface area contributed by atoms with Gasteiger partial charge in [0.15, 0.2) is 6.61 Å². The maximum atomic E-state index is 11.8. The molecule has 0 aromatic heterocycles. The number of carbonyl (C=O) groups excluding carboxylic acids is 1. The fourth-order valence-electron chi connectivity index (χ4n) is 2.26. The van der Waals surface area contributed by atoms with Crippen molar-refractivity contribution in [1.82, 2.24) is 5.32 Å². The van der Waals surface area contributed by atoms with E-state index in [0.717, 1.165) is 25.0 Å². The van der Waals surface area contributed by atoms with Crippen molar-refractivity contribution in [2.75, 3.05) is 13.2 Å². The zero-order valence-corrected chi connectivity index (χ0v) is 11.8. The van der Waals surface area contributed by atoms with Gasteiger partial charge in [0.2, 0.25) is 0 Å². The first-order valence-corrected chi connectivity index (χ1v) is 7.02. The topological polar surface area (TPSA) is 73.6 Å². The SMILES string of the molecule is CC(NC(=O)COc1ccc(CN)cc1)C1CCCO1. The molecule has 0 saturated carbocycles. The number of hydrogen-bond acceptors (Lipinski definition) is 4. The van der Waals surface area contributed by atoms with Crippen LogP contribution in [0.15, 0.2) is 24.3 Å². The molecule has 1 fully saturated rings. The van der Waals surface area contributed by atoms with Crippen LogP contribution in [0.2, 0.25) is 0 Å². The molecule has 1 heterocycles. The lowest BCUT2D eigenvalue weighted by molar-refractivity contribution is -0.124. The number of benzene rings is 1. The Bertz CT molecular complexity index is 427. The first kappa shape index (κ1) is 14.8. The third kappa shape index (κ3) is 4.21. The number of nitrogens with two attached hydrogens (primary N) is 1. The molecule has 1 aliphatic rings. The Morgan fingerprint density at radius 1 is 1.50 bits per heavy atom. The summed E-state index contributed by atoms with van der Waals surface area (Å²) in [5.74, 6) is 0.540. The number of hydrogen-bond donors (Lipinski definition) is 2. The van der Waals surface area contributed by atoms with E-state index in [2.05, 4.69) is 5.32 Å². The van der Waals surface area contributed by atoms with Gasteiger partial charge in [-0.2, -0.15) is 0 Å². The van der Waals surface area contributed by atoms with Crippen LogP contribution in [0.25, 0.3) is 0 Å². The lowest BCUT2D eigenvalue weighted by atomic mass is 10.1. The predicted molar refractivity (Wildman–Crippen MR) is 76.4 cm³/mol. The molecule has 2 atom stereocenters. The van der Waals surface area contributed by atoms with Crippen LogP contribution < -0.4 is 15.8 Å². The minimum Gasteiger partial charge on any atom is -0.484 e. The second kappa shape index (κ2) is 7.26. The summed E-state index contributed by atoms with van der Waals surface area (Å²) >= 11 is 0. The van der Waals surface area contributed by atoms with E-state index in [1.165, 1.54) is 0 Å². The van der Waals surface area contributed by atoms with Crippen molar-refractivity contribution in [3.8, 4) is 5.75 Å². The summed E-state index contributed by atoms with van der Waals surface area (Å²) in [4.78, 5) is 11.8. The molecule has 1 aromatic carbocycles. The smallest absolute Gasteiger partial charge is 0.258 e. The van der Waals surface area contributed by atoms with Gasteiger partial charge in [0, 0.05) is 13.2 Å². The van der Waals surface area contributed by atoms with Crippen molar-refractivity contribution in [1.29, 1.82) is 0 Å². The van der Waals surface area contributed by atoms with Gasteiger partial charge in [-0.25, -0.2) is 0 Å². The maximum Gasteiger partial charge on any atom is 0.258 e. The molecule has 1 aromatic rings. The van der Waals surface area contributed by atoms with Crippen LogP contribution in [0.1, 0.15) is 25.3 Å². The summed E-state index contributed by atoms with van der Waals surface area (Å²) in [6, 6.07) is 7.44. The van der Waals surface area contributed by atoms with Crippen molar-refractivity contribution in [2.45, 2.75) is 38.5 Å². The normalized spacial score (nSPS) is 19.6. The number of carbonyl (C=O) groups is 1. The van der Waals surface area contributed by atoms with Gasteiger partial charge < -0.3 is 20.5 Å². The molecule has 0 radical (unpaired) electrons. The van der Waals surface area contributed by atoms with Crippen molar-refractivity contribution in [3.05, 3.63) is 29.8 Å². The van der Waals surface area contributed by atoms with Crippen LogP contribution in [0.3, 0.4) is 0 Å². The molecular formula is C15H22N2O3. The lowest BCUT2D eigenvalue weighted by Crippen LogP contribution is -2.42. The molecule has 110 valence electrons. The monoisotopic (exact) mass is 278 g/mol. The van der Waals surface area contributed by atoms with Gasteiger partial charge in [-0.1, -0.05) is 12.1 Å². The van der Waals surface area contributed by atoms with E-state index in [9.17, 15) is 4.79 Å². The zero-order valence-electron chi connectivity index (χ0n) is 11.8. The summed E-state index contributed by atoms with van der Waals surface area (Å²) < 4.78 is 11.0. The molecule has 5 heteroatoms. The van der Waals surface area contributed by atoms with Crippen LogP contribution in [0, 0.1) is 0 Å². The predicted octanol–water partition coefficient (Wildman–Crippen LogP) is 1.21. The highest BCUT2D eigenvalue weighted by Crippen LogP contribution is 2.15. The van der Waals surface area contributed by atoms with Crippen LogP contribution in [-0.4, -0.2) is 31.3 Å². The summed E-state index contributed by atoms with van der Waals surface area (Å²) in [7, 11) is 0. The van der Waals surface area contributed by atoms with Gasteiger partial charge in [-0.3, -0.25) is 4.79 Å². The molecule has 5 nitrogen and oxygen atoms in total. The van der Waals surface area contributed by atoms with E-state index >= 15 is 0 Å². The Kier molecular flexibility index (Phi) is 5.38. The standard InChI is InChI=1S/C15H22N2O3/c1-11(14-3-2-8-19-14)17-15(18)10-20-13-6-4-12(9-16)5-7-13/h4-7,11,14H,2-3,8-10,16H2,1H3,(H,17,18). The van der Waals surface area contributed by atoms with Gasteiger partial charge in [0.1, 0.15) is 5.75 Å². The molecule has 2 rings (SSSR count). The van der Waals surface area contributed by atoms with Crippen molar-refractivity contribution >= 4 is 5.91 Å².